The van der Waals surface area contributed by atoms with Crippen LogP contribution >= 0.6 is 23.4 Å². The molecule has 1 aromatic rings. The molecule has 1 spiro atoms. The summed E-state index contributed by atoms with van der Waals surface area (Å²) in [6, 6.07) is 1.77. The van der Waals surface area contributed by atoms with Gasteiger partial charge in [-0.1, -0.05) is 36.7 Å². The third-order valence-electron chi connectivity index (χ3n) is 4.51. The molecule has 3 heterocycles. The summed E-state index contributed by atoms with van der Waals surface area (Å²) in [5, 5.41) is 3.79. The summed E-state index contributed by atoms with van der Waals surface area (Å²) in [4.78, 5) is 22.8. The quantitative estimate of drug-likeness (QED) is 0.326. The standard InChI is InChI=1S/C17H25ClN4O3S/c1-2-3-6-19-15(23)12-26-16-20-13(18)11-14(21-16)22-7-4-17(5-8-22)24-9-10-25-17/h11H,2-10,12H2,1H3,(H,19,23). The molecule has 0 saturated carbocycles. The third kappa shape index (κ3) is 5.22. The van der Waals surface area contributed by atoms with Crippen molar-refractivity contribution in [2.75, 3.05) is 43.5 Å². The molecule has 0 radical (unpaired) electrons. The minimum atomic E-state index is -0.415. The Labute approximate surface area is 163 Å². The second-order valence-corrected chi connectivity index (χ2v) is 7.75. The first-order valence-corrected chi connectivity index (χ1v) is 10.4. The first-order chi connectivity index (χ1) is 12.6. The second-order valence-electron chi connectivity index (χ2n) is 6.42. The van der Waals surface area contributed by atoms with Crippen LogP contribution in [0.15, 0.2) is 11.2 Å². The average Bonchev–Trinajstić information content (AvgIpc) is 3.08. The summed E-state index contributed by atoms with van der Waals surface area (Å²) in [7, 11) is 0. The fourth-order valence-corrected chi connectivity index (χ4v) is 3.97. The van der Waals surface area contributed by atoms with Gasteiger partial charge in [0.1, 0.15) is 11.0 Å². The van der Waals surface area contributed by atoms with Crippen LogP contribution in [0, 0.1) is 0 Å². The fourth-order valence-electron chi connectivity index (χ4n) is 3.06. The molecule has 1 N–H and O–H groups in total. The van der Waals surface area contributed by atoms with E-state index in [-0.39, 0.29) is 11.7 Å². The molecular weight excluding hydrogens is 376 g/mol. The molecule has 0 unspecified atom stereocenters. The van der Waals surface area contributed by atoms with E-state index in [1.807, 2.05) is 0 Å². The molecule has 0 bridgehead atoms. The van der Waals surface area contributed by atoms with E-state index in [9.17, 15) is 4.79 Å². The minimum Gasteiger partial charge on any atom is -0.356 e. The highest BCUT2D eigenvalue weighted by Gasteiger charge is 2.40. The molecule has 9 heteroatoms. The van der Waals surface area contributed by atoms with Crippen LogP contribution in [-0.4, -0.2) is 60.3 Å². The van der Waals surface area contributed by atoms with Gasteiger partial charge in [0.05, 0.1) is 19.0 Å². The molecule has 0 aliphatic carbocycles. The van der Waals surface area contributed by atoms with Gasteiger partial charge >= 0.3 is 0 Å². The number of ether oxygens (including phenoxy) is 2. The van der Waals surface area contributed by atoms with E-state index in [1.54, 1.807) is 6.07 Å². The molecule has 1 amide bonds. The number of amides is 1. The molecule has 0 aromatic carbocycles. The summed E-state index contributed by atoms with van der Waals surface area (Å²) in [6.45, 7) is 5.71. The normalized spacial score (nSPS) is 19.1. The third-order valence-corrected chi connectivity index (χ3v) is 5.55. The van der Waals surface area contributed by atoms with Gasteiger partial charge in [0.25, 0.3) is 0 Å². The van der Waals surface area contributed by atoms with E-state index in [0.29, 0.717) is 30.1 Å². The number of halogens is 1. The maximum atomic E-state index is 11.8. The van der Waals surface area contributed by atoms with E-state index in [2.05, 4.69) is 27.1 Å². The number of unbranched alkanes of at least 4 members (excludes halogenated alkanes) is 1. The lowest BCUT2D eigenvalue weighted by atomic mass is 10.0. The highest BCUT2D eigenvalue weighted by molar-refractivity contribution is 7.99. The van der Waals surface area contributed by atoms with Crippen LogP contribution in [0.2, 0.25) is 5.15 Å². The zero-order valence-corrected chi connectivity index (χ0v) is 16.6. The molecule has 0 atom stereocenters. The molecule has 2 fully saturated rings. The average molecular weight is 401 g/mol. The predicted octanol–water partition coefficient (Wildman–Crippen LogP) is 2.48. The van der Waals surface area contributed by atoms with Crippen LogP contribution in [0.4, 0.5) is 5.82 Å². The summed E-state index contributed by atoms with van der Waals surface area (Å²) in [5.74, 6) is 0.645. The van der Waals surface area contributed by atoms with Crippen LogP contribution in [0.1, 0.15) is 32.6 Å². The number of hydrogen-bond donors (Lipinski definition) is 1. The number of carbonyl (C=O) groups is 1. The number of nitrogens with one attached hydrogen (secondary N) is 1. The largest absolute Gasteiger partial charge is 0.356 e. The second kappa shape index (κ2) is 9.21. The van der Waals surface area contributed by atoms with Crippen LogP contribution in [0.5, 0.6) is 0 Å². The van der Waals surface area contributed by atoms with Crippen molar-refractivity contribution in [3.8, 4) is 0 Å². The van der Waals surface area contributed by atoms with E-state index in [1.165, 1.54) is 11.8 Å². The molecule has 2 aliphatic rings. The van der Waals surface area contributed by atoms with Gasteiger partial charge in [-0.2, -0.15) is 0 Å². The monoisotopic (exact) mass is 400 g/mol. The predicted molar refractivity (Wildman–Crippen MR) is 102 cm³/mol. The van der Waals surface area contributed by atoms with Crippen molar-refractivity contribution >= 4 is 35.1 Å². The number of aromatic nitrogens is 2. The zero-order valence-electron chi connectivity index (χ0n) is 15.0. The molecule has 3 rings (SSSR count). The van der Waals surface area contributed by atoms with Crippen molar-refractivity contribution in [2.24, 2.45) is 0 Å². The highest BCUT2D eigenvalue weighted by Crippen LogP contribution is 2.33. The van der Waals surface area contributed by atoms with Gasteiger partial charge in [-0.15, -0.1) is 0 Å². The Bertz CT molecular complexity index is 618. The van der Waals surface area contributed by atoms with Gasteiger partial charge in [-0.25, -0.2) is 9.97 Å². The first kappa shape index (κ1) is 19.7. The maximum absolute atomic E-state index is 11.8. The van der Waals surface area contributed by atoms with Crippen molar-refractivity contribution in [1.82, 2.24) is 15.3 Å². The molecule has 7 nitrogen and oxygen atoms in total. The number of thioether (sulfide) groups is 1. The number of rotatable bonds is 7. The highest BCUT2D eigenvalue weighted by atomic mass is 35.5. The molecule has 2 saturated heterocycles. The first-order valence-electron chi connectivity index (χ1n) is 9.07. The summed E-state index contributed by atoms with van der Waals surface area (Å²) in [5.41, 5.74) is 0. The van der Waals surface area contributed by atoms with Crippen molar-refractivity contribution in [3.05, 3.63) is 11.2 Å². The molecule has 2 aliphatic heterocycles. The van der Waals surface area contributed by atoms with Gasteiger partial charge < -0.3 is 19.7 Å². The van der Waals surface area contributed by atoms with Gasteiger partial charge in [0.15, 0.2) is 10.9 Å². The lowest BCUT2D eigenvalue weighted by Gasteiger charge is -2.38. The van der Waals surface area contributed by atoms with Crippen molar-refractivity contribution in [1.29, 1.82) is 0 Å². The lowest BCUT2D eigenvalue weighted by molar-refractivity contribution is -0.169. The van der Waals surface area contributed by atoms with Gasteiger partial charge in [0.2, 0.25) is 5.91 Å². The van der Waals surface area contributed by atoms with Crippen molar-refractivity contribution in [3.63, 3.8) is 0 Å². The zero-order chi connectivity index (χ0) is 18.4. The van der Waals surface area contributed by atoms with Gasteiger partial charge in [-0.05, 0) is 6.42 Å². The lowest BCUT2D eigenvalue weighted by Crippen LogP contribution is -2.45. The topological polar surface area (TPSA) is 76.6 Å². The Balaban J connectivity index is 1.55. The van der Waals surface area contributed by atoms with Crippen molar-refractivity contribution in [2.45, 2.75) is 43.6 Å². The van der Waals surface area contributed by atoms with E-state index in [4.69, 9.17) is 21.1 Å². The van der Waals surface area contributed by atoms with E-state index in [0.717, 1.165) is 44.6 Å². The van der Waals surface area contributed by atoms with Crippen LogP contribution in [-0.2, 0) is 14.3 Å². The molecule has 26 heavy (non-hydrogen) atoms. The number of carbonyl (C=O) groups excluding carboxylic acids is 1. The Kier molecular flexibility index (Phi) is 6.97. The van der Waals surface area contributed by atoms with Gasteiger partial charge in [0, 0.05) is 38.5 Å². The summed E-state index contributed by atoms with van der Waals surface area (Å²) >= 11 is 7.47. The number of nitrogens with zero attached hydrogens (tertiary/aromatic N) is 3. The van der Waals surface area contributed by atoms with Crippen LogP contribution < -0.4 is 10.2 Å². The Morgan fingerprint density at radius 1 is 1.35 bits per heavy atom. The van der Waals surface area contributed by atoms with E-state index < -0.39 is 5.79 Å². The molecule has 1 aromatic heterocycles. The SMILES string of the molecule is CCCCNC(=O)CSc1nc(Cl)cc(N2CCC3(CC2)OCCO3)n1. The van der Waals surface area contributed by atoms with Crippen molar-refractivity contribution < 1.29 is 14.3 Å². The summed E-state index contributed by atoms with van der Waals surface area (Å²) in [6.07, 6.45) is 3.65. The number of hydrogen-bond acceptors (Lipinski definition) is 7. The Hall–Kier alpha value is -1.09. The maximum Gasteiger partial charge on any atom is 0.230 e. The fraction of sp³-hybridized carbons (Fsp3) is 0.706. The summed E-state index contributed by atoms with van der Waals surface area (Å²) < 4.78 is 11.5. The minimum absolute atomic E-state index is 0.0102. The van der Waals surface area contributed by atoms with Crippen LogP contribution in [0.3, 0.4) is 0 Å². The Morgan fingerprint density at radius 3 is 2.77 bits per heavy atom. The van der Waals surface area contributed by atoms with Crippen LogP contribution in [0.25, 0.3) is 0 Å². The number of piperidine rings is 1. The van der Waals surface area contributed by atoms with Gasteiger partial charge in [-0.3, -0.25) is 4.79 Å². The molecular formula is C17H25ClN4O3S. The Morgan fingerprint density at radius 2 is 2.08 bits per heavy atom. The smallest absolute Gasteiger partial charge is 0.230 e. The number of anilines is 1. The van der Waals surface area contributed by atoms with E-state index >= 15 is 0 Å². The molecule has 144 valence electrons.